The molecule has 0 aliphatic rings. The zero-order valence-corrected chi connectivity index (χ0v) is 10.7. The summed E-state index contributed by atoms with van der Waals surface area (Å²) in [6.45, 7) is 3.77. The molecule has 94 valence electrons. The Labute approximate surface area is 105 Å². The molecule has 0 saturated carbocycles. The molecule has 0 bridgehead atoms. The van der Waals surface area contributed by atoms with Crippen LogP contribution in [0.3, 0.4) is 0 Å². The first-order valence-electron chi connectivity index (χ1n) is 5.78. The highest BCUT2D eigenvalue weighted by Gasteiger charge is 2.29. The van der Waals surface area contributed by atoms with E-state index in [4.69, 9.17) is 0 Å². The Kier molecular flexibility index (Phi) is 2.97. The first-order chi connectivity index (χ1) is 8.47. The van der Waals surface area contributed by atoms with Gasteiger partial charge in [-0.2, -0.15) is 5.26 Å². The number of aromatic amines is 2. The average Bonchev–Trinajstić information content (AvgIpc) is 2.69. The molecule has 1 aromatic heterocycles. The predicted molar refractivity (Wildman–Crippen MR) is 70.1 cm³/mol. The summed E-state index contributed by atoms with van der Waals surface area (Å²) in [5, 5.41) is 12.4. The van der Waals surface area contributed by atoms with Crippen LogP contribution in [-0.2, 0) is 0 Å². The molecule has 5 nitrogen and oxygen atoms in total. The van der Waals surface area contributed by atoms with E-state index in [1.165, 1.54) is 0 Å². The van der Waals surface area contributed by atoms with Crippen molar-refractivity contribution in [2.24, 2.45) is 5.41 Å². The lowest BCUT2D eigenvalue weighted by Gasteiger charge is -2.28. The van der Waals surface area contributed by atoms with Gasteiger partial charge in [0.2, 0.25) is 0 Å². The van der Waals surface area contributed by atoms with Gasteiger partial charge in [0.05, 0.1) is 28.6 Å². The van der Waals surface area contributed by atoms with E-state index in [9.17, 15) is 10.1 Å². The third-order valence-electron chi connectivity index (χ3n) is 3.17. The summed E-state index contributed by atoms with van der Waals surface area (Å²) in [6, 6.07) is 7.88. The van der Waals surface area contributed by atoms with E-state index < -0.39 is 5.41 Å². The zero-order valence-electron chi connectivity index (χ0n) is 10.7. The molecule has 18 heavy (non-hydrogen) atoms. The molecule has 1 atom stereocenters. The molecule has 0 spiro atoms. The van der Waals surface area contributed by atoms with Gasteiger partial charge >= 0.3 is 5.69 Å². The third kappa shape index (κ3) is 2.03. The molecule has 2 aromatic rings. The lowest BCUT2D eigenvalue weighted by Crippen LogP contribution is -2.30. The highest BCUT2D eigenvalue weighted by atomic mass is 16.1. The Hall–Kier alpha value is -2.06. The second-order valence-electron chi connectivity index (χ2n) is 4.94. The van der Waals surface area contributed by atoms with E-state index in [2.05, 4.69) is 21.4 Å². The lowest BCUT2D eigenvalue weighted by atomic mass is 9.82. The number of hydrogen-bond acceptors (Lipinski definition) is 3. The number of fused-ring (bicyclic) bond motifs is 1. The second kappa shape index (κ2) is 4.31. The number of rotatable bonds is 3. The number of imidazole rings is 1. The molecule has 5 heteroatoms. The fourth-order valence-electron chi connectivity index (χ4n) is 2.24. The molecular weight excluding hydrogens is 228 g/mol. The highest BCUT2D eigenvalue weighted by Crippen LogP contribution is 2.33. The SMILES string of the molecule is CNC(c1ccc2[nH]c(=O)[nH]c2c1)C(C)(C)C#N. The molecule has 0 radical (unpaired) electrons. The minimum Gasteiger partial charge on any atom is -0.312 e. The van der Waals surface area contributed by atoms with Crippen LogP contribution in [0.15, 0.2) is 23.0 Å². The van der Waals surface area contributed by atoms with Crippen LogP contribution in [0, 0.1) is 16.7 Å². The molecule has 2 rings (SSSR count). The summed E-state index contributed by atoms with van der Waals surface area (Å²) >= 11 is 0. The number of H-pyrrole nitrogens is 2. The van der Waals surface area contributed by atoms with Crippen LogP contribution < -0.4 is 11.0 Å². The maximum atomic E-state index is 11.2. The number of benzene rings is 1. The summed E-state index contributed by atoms with van der Waals surface area (Å²) in [5.41, 5.74) is 1.76. The number of nitrogens with one attached hydrogen (secondary N) is 3. The quantitative estimate of drug-likeness (QED) is 0.767. The monoisotopic (exact) mass is 244 g/mol. The van der Waals surface area contributed by atoms with Gasteiger partial charge in [0.1, 0.15) is 0 Å². The maximum absolute atomic E-state index is 11.2. The van der Waals surface area contributed by atoms with E-state index >= 15 is 0 Å². The van der Waals surface area contributed by atoms with Gasteiger partial charge in [-0.3, -0.25) is 0 Å². The number of nitriles is 1. The smallest absolute Gasteiger partial charge is 0.312 e. The average molecular weight is 244 g/mol. The Morgan fingerprint density at radius 2 is 2.00 bits per heavy atom. The van der Waals surface area contributed by atoms with E-state index in [1.807, 2.05) is 39.1 Å². The van der Waals surface area contributed by atoms with Crippen LogP contribution in [0.5, 0.6) is 0 Å². The second-order valence-corrected chi connectivity index (χ2v) is 4.94. The van der Waals surface area contributed by atoms with Crippen LogP contribution in [0.25, 0.3) is 11.0 Å². The zero-order chi connectivity index (χ0) is 13.3. The van der Waals surface area contributed by atoms with Crippen LogP contribution in [-0.4, -0.2) is 17.0 Å². The molecule has 3 N–H and O–H groups in total. The van der Waals surface area contributed by atoms with Crippen molar-refractivity contribution in [3.05, 3.63) is 34.2 Å². The maximum Gasteiger partial charge on any atom is 0.323 e. The van der Waals surface area contributed by atoms with E-state index in [0.29, 0.717) is 0 Å². The standard InChI is InChI=1S/C13H16N4O/c1-13(2,7-14)11(15-3)8-4-5-9-10(6-8)17-12(18)16-9/h4-6,11,15H,1-3H3,(H2,16,17,18). The molecule has 1 aromatic carbocycles. The van der Waals surface area contributed by atoms with Crippen molar-refractivity contribution in [2.75, 3.05) is 7.05 Å². The van der Waals surface area contributed by atoms with Crippen molar-refractivity contribution < 1.29 is 0 Å². The largest absolute Gasteiger partial charge is 0.323 e. The molecule has 0 saturated heterocycles. The van der Waals surface area contributed by atoms with Gasteiger partial charge in [0.25, 0.3) is 0 Å². The Morgan fingerprint density at radius 1 is 1.33 bits per heavy atom. The topological polar surface area (TPSA) is 84.5 Å². The highest BCUT2D eigenvalue weighted by molar-refractivity contribution is 5.75. The van der Waals surface area contributed by atoms with Crippen molar-refractivity contribution >= 4 is 11.0 Å². The third-order valence-corrected chi connectivity index (χ3v) is 3.17. The fraction of sp³-hybridized carbons (Fsp3) is 0.385. The molecule has 0 aliphatic carbocycles. The van der Waals surface area contributed by atoms with Crippen LogP contribution >= 0.6 is 0 Å². The fourth-order valence-corrected chi connectivity index (χ4v) is 2.24. The van der Waals surface area contributed by atoms with E-state index in [0.717, 1.165) is 16.6 Å². The number of nitrogens with zero attached hydrogens (tertiary/aromatic N) is 1. The van der Waals surface area contributed by atoms with E-state index in [1.54, 1.807) is 0 Å². The Bertz CT molecular complexity index is 659. The van der Waals surface area contributed by atoms with Crippen molar-refractivity contribution in [3.63, 3.8) is 0 Å². The van der Waals surface area contributed by atoms with Gasteiger partial charge in [0.15, 0.2) is 0 Å². The van der Waals surface area contributed by atoms with Gasteiger partial charge in [-0.05, 0) is 38.6 Å². The van der Waals surface area contributed by atoms with Crippen molar-refractivity contribution in [3.8, 4) is 6.07 Å². The minimum absolute atomic E-state index is 0.0923. The minimum atomic E-state index is -0.529. The molecule has 0 amide bonds. The summed E-state index contributed by atoms with van der Waals surface area (Å²) in [4.78, 5) is 16.6. The first-order valence-corrected chi connectivity index (χ1v) is 5.78. The van der Waals surface area contributed by atoms with Gasteiger partial charge in [-0.1, -0.05) is 6.07 Å². The molecule has 0 fully saturated rings. The van der Waals surface area contributed by atoms with Crippen LogP contribution in [0.4, 0.5) is 0 Å². The van der Waals surface area contributed by atoms with Crippen LogP contribution in [0.1, 0.15) is 25.5 Å². The van der Waals surface area contributed by atoms with Crippen LogP contribution in [0.2, 0.25) is 0 Å². The molecule has 0 aliphatic heterocycles. The number of hydrogen-bond donors (Lipinski definition) is 3. The Morgan fingerprint density at radius 3 is 2.61 bits per heavy atom. The molecular formula is C13H16N4O. The van der Waals surface area contributed by atoms with E-state index in [-0.39, 0.29) is 11.7 Å². The van der Waals surface area contributed by atoms with Crippen molar-refractivity contribution in [1.29, 1.82) is 5.26 Å². The number of aromatic nitrogens is 2. The predicted octanol–water partition coefficient (Wildman–Crippen LogP) is 1.67. The van der Waals surface area contributed by atoms with Crippen molar-refractivity contribution in [2.45, 2.75) is 19.9 Å². The van der Waals surface area contributed by atoms with Crippen molar-refractivity contribution in [1.82, 2.24) is 15.3 Å². The summed E-state index contributed by atoms with van der Waals surface area (Å²) < 4.78 is 0. The Balaban J connectivity index is 2.52. The summed E-state index contributed by atoms with van der Waals surface area (Å²) in [5.74, 6) is 0. The lowest BCUT2D eigenvalue weighted by molar-refractivity contribution is 0.344. The summed E-state index contributed by atoms with van der Waals surface area (Å²) in [7, 11) is 1.83. The van der Waals surface area contributed by atoms with Gasteiger partial charge in [-0.25, -0.2) is 4.79 Å². The van der Waals surface area contributed by atoms with Gasteiger partial charge < -0.3 is 15.3 Å². The first kappa shape index (κ1) is 12.4. The normalized spacial score (nSPS) is 13.4. The van der Waals surface area contributed by atoms with Gasteiger partial charge in [0, 0.05) is 0 Å². The molecule has 1 heterocycles. The summed E-state index contributed by atoms with van der Waals surface area (Å²) in [6.07, 6.45) is 0. The molecule has 1 unspecified atom stereocenters. The van der Waals surface area contributed by atoms with Gasteiger partial charge in [-0.15, -0.1) is 0 Å².